The Balaban J connectivity index is 2.66. The second-order valence-corrected chi connectivity index (χ2v) is 7.97. The number of hydrogen-bond acceptors (Lipinski definition) is 3. The van der Waals surface area contributed by atoms with Crippen LogP contribution in [-0.2, 0) is 4.57 Å². The molecule has 96 valence electrons. The number of nitriles is 1. The van der Waals surface area contributed by atoms with Gasteiger partial charge in [0.2, 0.25) is 0 Å². The molecule has 0 atom stereocenters. The molecule has 0 aliphatic carbocycles. The maximum absolute atomic E-state index is 12.2. The zero-order valence-corrected chi connectivity index (χ0v) is 11.8. The highest BCUT2D eigenvalue weighted by Gasteiger charge is 2.16. The first-order chi connectivity index (χ1) is 8.93. The molecule has 0 unspecified atom stereocenters. The monoisotopic (exact) mass is 270 g/mol. The van der Waals surface area contributed by atoms with Crippen molar-refractivity contribution in [1.29, 1.82) is 5.26 Å². The maximum Gasteiger partial charge on any atom is 0.111 e. The lowest BCUT2D eigenvalue weighted by Crippen LogP contribution is -2.10. The van der Waals surface area contributed by atoms with Crippen LogP contribution < -0.4 is 11.0 Å². The van der Waals surface area contributed by atoms with E-state index in [4.69, 9.17) is 11.0 Å². The average Bonchev–Trinajstić information content (AvgIpc) is 2.38. The van der Waals surface area contributed by atoms with E-state index in [2.05, 4.69) is 6.07 Å². The molecular weight excluding hydrogens is 255 g/mol. The van der Waals surface area contributed by atoms with E-state index in [9.17, 15) is 4.57 Å². The topological polar surface area (TPSA) is 66.9 Å². The van der Waals surface area contributed by atoms with Crippen LogP contribution in [0.5, 0.6) is 0 Å². The number of nitrogen functional groups attached to an aromatic ring is 1. The zero-order chi connectivity index (χ0) is 14.0. The first-order valence-electron chi connectivity index (χ1n) is 5.88. The lowest BCUT2D eigenvalue weighted by atomic mass is 10.0. The molecule has 2 aromatic rings. The molecule has 2 aromatic carbocycles. The third-order valence-corrected chi connectivity index (χ3v) is 4.52. The van der Waals surface area contributed by atoms with E-state index in [1.165, 1.54) is 0 Å². The molecule has 0 bridgehead atoms. The molecule has 3 nitrogen and oxygen atoms in total. The fraction of sp³-hybridized carbons (Fsp3) is 0.133. The van der Waals surface area contributed by atoms with Gasteiger partial charge in [0, 0.05) is 11.0 Å². The van der Waals surface area contributed by atoms with Crippen LogP contribution in [0.3, 0.4) is 0 Å². The van der Waals surface area contributed by atoms with Crippen LogP contribution in [0.25, 0.3) is 11.1 Å². The second-order valence-electron chi connectivity index (χ2n) is 4.78. The van der Waals surface area contributed by atoms with Crippen LogP contribution >= 0.6 is 7.14 Å². The molecule has 19 heavy (non-hydrogen) atoms. The van der Waals surface area contributed by atoms with E-state index >= 15 is 0 Å². The molecule has 0 aliphatic heterocycles. The van der Waals surface area contributed by atoms with Crippen molar-refractivity contribution in [2.24, 2.45) is 0 Å². The van der Waals surface area contributed by atoms with Gasteiger partial charge in [0.1, 0.15) is 7.14 Å². The van der Waals surface area contributed by atoms with Crippen molar-refractivity contribution in [3.05, 3.63) is 48.0 Å². The first kappa shape index (κ1) is 13.4. The lowest BCUT2D eigenvalue weighted by molar-refractivity contribution is 0.588. The largest absolute Gasteiger partial charge is 0.398 e. The van der Waals surface area contributed by atoms with Gasteiger partial charge in [0.15, 0.2) is 0 Å². The Morgan fingerprint density at radius 1 is 1.16 bits per heavy atom. The van der Waals surface area contributed by atoms with Gasteiger partial charge in [-0.15, -0.1) is 0 Å². The fourth-order valence-electron chi connectivity index (χ4n) is 2.01. The first-order valence-corrected chi connectivity index (χ1v) is 8.48. The van der Waals surface area contributed by atoms with E-state index in [0.717, 1.165) is 11.1 Å². The molecule has 0 radical (unpaired) electrons. The van der Waals surface area contributed by atoms with E-state index < -0.39 is 7.14 Å². The Kier molecular flexibility index (Phi) is 3.46. The third-order valence-electron chi connectivity index (χ3n) is 2.97. The SMILES string of the molecule is CP(C)(=O)c1cc(-c2ccccc2C#N)ccc1N. The van der Waals surface area contributed by atoms with Crippen molar-refractivity contribution in [1.82, 2.24) is 0 Å². The van der Waals surface area contributed by atoms with Crippen molar-refractivity contribution in [3.8, 4) is 17.2 Å². The highest BCUT2D eigenvalue weighted by molar-refractivity contribution is 7.70. The summed E-state index contributed by atoms with van der Waals surface area (Å²) in [5.74, 6) is 0. The normalized spacial score (nSPS) is 11.0. The van der Waals surface area contributed by atoms with Gasteiger partial charge in [-0.2, -0.15) is 5.26 Å². The Morgan fingerprint density at radius 3 is 2.47 bits per heavy atom. The summed E-state index contributed by atoms with van der Waals surface area (Å²) >= 11 is 0. The van der Waals surface area contributed by atoms with Crippen LogP contribution in [0.4, 0.5) is 5.69 Å². The standard InChI is InChI=1S/C15H15N2OP/c1-19(2,18)15-9-11(7-8-14(15)17)13-6-4-3-5-12(13)10-16/h3-9H,17H2,1-2H3. The number of hydrogen-bond donors (Lipinski definition) is 1. The molecule has 0 aromatic heterocycles. The Bertz CT molecular complexity index is 710. The summed E-state index contributed by atoms with van der Waals surface area (Å²) in [6.45, 7) is 3.39. The van der Waals surface area contributed by atoms with Gasteiger partial charge in [0.05, 0.1) is 11.6 Å². The van der Waals surface area contributed by atoms with Gasteiger partial charge in [-0.1, -0.05) is 24.3 Å². The summed E-state index contributed by atoms with van der Waals surface area (Å²) in [5, 5.41) is 9.80. The van der Waals surface area contributed by atoms with Crippen LogP contribution in [0.15, 0.2) is 42.5 Å². The van der Waals surface area contributed by atoms with Crippen LogP contribution in [0.2, 0.25) is 0 Å². The molecule has 0 spiro atoms. The number of anilines is 1. The molecular formula is C15H15N2OP. The summed E-state index contributed by atoms with van der Waals surface area (Å²) in [5.41, 5.74) is 8.72. The Morgan fingerprint density at radius 2 is 1.84 bits per heavy atom. The summed E-state index contributed by atoms with van der Waals surface area (Å²) in [6, 6.07) is 14.9. The minimum Gasteiger partial charge on any atom is -0.398 e. The summed E-state index contributed by atoms with van der Waals surface area (Å²) in [7, 11) is -2.43. The van der Waals surface area contributed by atoms with E-state index in [1.54, 1.807) is 25.5 Å². The van der Waals surface area contributed by atoms with Crippen LogP contribution in [-0.4, -0.2) is 13.3 Å². The van der Waals surface area contributed by atoms with Crippen molar-refractivity contribution >= 4 is 18.1 Å². The molecule has 0 saturated heterocycles. The number of benzene rings is 2. The van der Waals surface area contributed by atoms with Crippen molar-refractivity contribution in [2.75, 3.05) is 19.1 Å². The highest BCUT2D eigenvalue weighted by atomic mass is 31.2. The molecule has 0 saturated carbocycles. The fourth-order valence-corrected chi connectivity index (χ4v) is 3.16. The number of nitrogens with zero attached hydrogens (tertiary/aromatic N) is 1. The zero-order valence-electron chi connectivity index (χ0n) is 10.9. The predicted octanol–water partition coefficient (Wildman–Crippen LogP) is 3.06. The quantitative estimate of drug-likeness (QED) is 0.673. The van der Waals surface area contributed by atoms with Crippen molar-refractivity contribution in [2.45, 2.75) is 0 Å². The van der Waals surface area contributed by atoms with Gasteiger partial charge in [-0.3, -0.25) is 0 Å². The van der Waals surface area contributed by atoms with Gasteiger partial charge in [-0.05, 0) is 42.7 Å². The second kappa shape index (κ2) is 4.91. The Labute approximate surface area is 113 Å². The van der Waals surface area contributed by atoms with Crippen molar-refractivity contribution < 1.29 is 4.57 Å². The summed E-state index contributed by atoms with van der Waals surface area (Å²) in [4.78, 5) is 0. The molecule has 4 heteroatoms. The van der Waals surface area contributed by atoms with Gasteiger partial charge in [0.25, 0.3) is 0 Å². The minimum absolute atomic E-state index is 0.534. The highest BCUT2D eigenvalue weighted by Crippen LogP contribution is 2.38. The summed E-state index contributed by atoms with van der Waals surface area (Å²) < 4.78 is 12.2. The molecule has 0 amide bonds. The van der Waals surface area contributed by atoms with E-state index in [-0.39, 0.29) is 0 Å². The Hall–Kier alpha value is -2.04. The molecule has 2 rings (SSSR count). The van der Waals surface area contributed by atoms with Gasteiger partial charge < -0.3 is 10.3 Å². The third kappa shape index (κ3) is 2.70. The van der Waals surface area contributed by atoms with E-state index in [1.807, 2.05) is 30.3 Å². The molecule has 0 aliphatic rings. The predicted molar refractivity (Wildman–Crippen MR) is 80.1 cm³/mol. The molecule has 2 N–H and O–H groups in total. The van der Waals surface area contributed by atoms with Gasteiger partial charge >= 0.3 is 0 Å². The average molecular weight is 270 g/mol. The summed E-state index contributed by atoms with van der Waals surface area (Å²) in [6.07, 6.45) is 0. The number of nitrogens with two attached hydrogens (primary N) is 1. The van der Waals surface area contributed by atoms with Gasteiger partial charge in [-0.25, -0.2) is 0 Å². The number of rotatable bonds is 2. The maximum atomic E-state index is 12.2. The molecule has 0 fully saturated rings. The minimum atomic E-state index is -2.43. The van der Waals surface area contributed by atoms with Crippen LogP contribution in [0, 0.1) is 11.3 Å². The van der Waals surface area contributed by atoms with Crippen molar-refractivity contribution in [3.63, 3.8) is 0 Å². The smallest absolute Gasteiger partial charge is 0.111 e. The molecule has 0 heterocycles. The van der Waals surface area contributed by atoms with Crippen LogP contribution in [0.1, 0.15) is 5.56 Å². The van der Waals surface area contributed by atoms with E-state index in [0.29, 0.717) is 16.6 Å². The lowest BCUT2D eigenvalue weighted by Gasteiger charge is -2.13.